The van der Waals surface area contributed by atoms with Crippen LogP contribution >= 0.6 is 34.8 Å². The number of nitrogens with zero attached hydrogens (tertiary/aromatic N) is 1. The van der Waals surface area contributed by atoms with E-state index in [0.717, 1.165) is 3.57 Å². The second-order valence-corrected chi connectivity index (χ2v) is 8.37. The lowest BCUT2D eigenvalue weighted by Gasteiger charge is -2.36. The molecule has 0 spiro atoms. The van der Waals surface area contributed by atoms with Crippen molar-refractivity contribution in [2.24, 2.45) is 0 Å². The topological polar surface area (TPSA) is 97.0 Å². The average molecular weight is 567 g/mol. The van der Waals surface area contributed by atoms with Gasteiger partial charge in [-0.05, 0) is 59.1 Å². The summed E-state index contributed by atoms with van der Waals surface area (Å²) in [5.74, 6) is -0.596. The first-order valence-corrected chi connectivity index (χ1v) is 11.4. The molecule has 2 N–H and O–H groups in total. The van der Waals surface area contributed by atoms with Gasteiger partial charge in [0.1, 0.15) is 25.0 Å². The molecule has 2 aromatic carbocycles. The number of carbonyl (C=O) groups excluding carboxylic acids is 3. The Morgan fingerprint density at radius 1 is 1.12 bits per heavy atom. The molecule has 0 radical (unpaired) electrons. The van der Waals surface area contributed by atoms with Gasteiger partial charge in [0.25, 0.3) is 5.91 Å². The number of piperazine rings is 1. The van der Waals surface area contributed by atoms with E-state index >= 15 is 0 Å². The quantitative estimate of drug-likeness (QED) is 0.229. The maximum atomic E-state index is 12.6. The van der Waals surface area contributed by atoms with Crippen LogP contribution in [0.15, 0.2) is 54.6 Å². The fourth-order valence-corrected chi connectivity index (χ4v) is 4.03. The predicted octanol–water partition coefficient (Wildman–Crippen LogP) is 2.12. The monoisotopic (exact) mass is 567 g/mol. The second-order valence-electron chi connectivity index (χ2n) is 6.83. The Bertz CT molecular complexity index is 989. The molecule has 3 rings (SSSR count). The number of amides is 2. The van der Waals surface area contributed by atoms with E-state index in [1.165, 1.54) is 0 Å². The minimum Gasteiger partial charge on any atom is -0.490 e. The number of ether oxygens (including phenoxy) is 2. The lowest BCUT2D eigenvalue weighted by Crippen LogP contribution is -2.60. The number of halogens is 1. The lowest BCUT2D eigenvalue weighted by atomic mass is 10.1. The van der Waals surface area contributed by atoms with Crippen LogP contribution in [0.5, 0.6) is 5.75 Å². The highest BCUT2D eigenvalue weighted by molar-refractivity contribution is 14.1. The molecule has 1 unspecified atom stereocenters. The molecule has 1 fully saturated rings. The van der Waals surface area contributed by atoms with Gasteiger partial charge in [0, 0.05) is 16.7 Å². The summed E-state index contributed by atoms with van der Waals surface area (Å²) < 4.78 is 11.5. The molecule has 1 atom stereocenters. The van der Waals surface area contributed by atoms with E-state index in [9.17, 15) is 14.4 Å². The van der Waals surface area contributed by atoms with E-state index in [4.69, 9.17) is 21.7 Å². The van der Waals surface area contributed by atoms with E-state index in [-0.39, 0.29) is 36.6 Å². The van der Waals surface area contributed by atoms with Gasteiger partial charge in [-0.1, -0.05) is 30.3 Å². The zero-order valence-electron chi connectivity index (χ0n) is 17.1. The van der Waals surface area contributed by atoms with Gasteiger partial charge in [0.2, 0.25) is 5.91 Å². The van der Waals surface area contributed by atoms with Crippen LogP contribution in [0.4, 0.5) is 0 Å². The smallest absolute Gasteiger partial charge is 0.308 e. The lowest BCUT2D eigenvalue weighted by molar-refractivity contribution is -0.148. The van der Waals surface area contributed by atoms with Crippen LogP contribution in [0.1, 0.15) is 16.8 Å². The molecule has 0 saturated carbocycles. The fraction of sp³-hybridized carbons (Fsp3) is 0.273. The minimum atomic E-state index is -0.867. The normalized spacial score (nSPS) is 15.5. The standard InChI is InChI=1S/C22H22IN3O5S/c23-17-9-5-4-8-16(17)20(28)25-22(32)26-11-10-24-21(29)18(26)14-19(27)31-13-12-30-15-6-2-1-3-7-15/h1-9,18H,10-14H2,(H,24,29)(H,25,28,32). The first-order valence-electron chi connectivity index (χ1n) is 9.93. The van der Waals surface area contributed by atoms with Crippen LogP contribution in [0.3, 0.4) is 0 Å². The summed E-state index contributed by atoms with van der Waals surface area (Å²) in [5.41, 5.74) is 0.478. The number of thiocarbonyl (C=S) groups is 1. The number of esters is 1. The fourth-order valence-electron chi connectivity index (χ4n) is 3.09. The zero-order chi connectivity index (χ0) is 22.9. The molecular weight excluding hydrogens is 545 g/mol. The SMILES string of the molecule is O=C(CC1C(=O)NCCN1C(=S)NC(=O)c1ccccc1I)OCCOc1ccccc1. The maximum Gasteiger partial charge on any atom is 0.308 e. The molecule has 0 bridgehead atoms. The van der Waals surface area contributed by atoms with Gasteiger partial charge in [-0.2, -0.15) is 0 Å². The summed E-state index contributed by atoms with van der Waals surface area (Å²) in [5, 5.41) is 5.47. The Balaban J connectivity index is 1.53. The van der Waals surface area contributed by atoms with E-state index in [0.29, 0.717) is 24.4 Å². The van der Waals surface area contributed by atoms with Crippen LogP contribution in [-0.4, -0.2) is 60.1 Å². The van der Waals surface area contributed by atoms with Crippen molar-refractivity contribution < 1.29 is 23.9 Å². The van der Waals surface area contributed by atoms with Crippen molar-refractivity contribution in [2.75, 3.05) is 26.3 Å². The van der Waals surface area contributed by atoms with Crippen molar-refractivity contribution in [1.82, 2.24) is 15.5 Å². The van der Waals surface area contributed by atoms with Gasteiger partial charge in [0.05, 0.1) is 12.0 Å². The molecule has 8 nitrogen and oxygen atoms in total. The van der Waals surface area contributed by atoms with Crippen LogP contribution in [0.25, 0.3) is 0 Å². The van der Waals surface area contributed by atoms with Crippen LogP contribution in [0.2, 0.25) is 0 Å². The van der Waals surface area contributed by atoms with Gasteiger partial charge in [-0.15, -0.1) is 0 Å². The minimum absolute atomic E-state index is 0.0513. The third-order valence-corrected chi connectivity index (χ3v) is 5.93. The molecule has 168 valence electrons. The molecule has 1 heterocycles. The van der Waals surface area contributed by atoms with Crippen LogP contribution in [0, 0.1) is 3.57 Å². The number of benzene rings is 2. The number of hydrogen-bond acceptors (Lipinski definition) is 6. The summed E-state index contributed by atoms with van der Waals surface area (Å²) in [7, 11) is 0. The van der Waals surface area contributed by atoms with Gasteiger partial charge in [-0.3, -0.25) is 19.7 Å². The highest BCUT2D eigenvalue weighted by atomic mass is 127. The molecule has 2 amide bonds. The largest absolute Gasteiger partial charge is 0.490 e. The maximum absolute atomic E-state index is 12.6. The molecule has 0 aliphatic carbocycles. The molecule has 1 saturated heterocycles. The summed E-state index contributed by atoms with van der Waals surface area (Å²) >= 11 is 7.44. The molecule has 1 aliphatic heterocycles. The van der Waals surface area contributed by atoms with E-state index < -0.39 is 12.0 Å². The molecular formula is C22H22IN3O5S. The Kier molecular flexibility index (Phi) is 8.80. The van der Waals surface area contributed by atoms with Crippen LogP contribution < -0.4 is 15.4 Å². The zero-order valence-corrected chi connectivity index (χ0v) is 20.1. The Morgan fingerprint density at radius 2 is 1.84 bits per heavy atom. The Labute approximate surface area is 204 Å². The molecule has 10 heteroatoms. The Hall–Kier alpha value is -2.73. The van der Waals surface area contributed by atoms with Crippen molar-refractivity contribution in [3.63, 3.8) is 0 Å². The number of para-hydroxylation sites is 1. The number of rotatable bonds is 7. The third-order valence-electron chi connectivity index (χ3n) is 4.65. The predicted molar refractivity (Wildman–Crippen MR) is 130 cm³/mol. The molecule has 0 aromatic heterocycles. The summed E-state index contributed by atoms with van der Waals surface area (Å²) in [6.07, 6.45) is -0.198. The van der Waals surface area contributed by atoms with Crippen LogP contribution in [-0.2, 0) is 14.3 Å². The van der Waals surface area contributed by atoms with E-state index in [1.54, 1.807) is 29.2 Å². The summed E-state index contributed by atoms with van der Waals surface area (Å²) in [4.78, 5) is 38.8. The van der Waals surface area contributed by atoms with Gasteiger partial charge in [0.15, 0.2) is 5.11 Å². The number of nitrogens with one attached hydrogen (secondary N) is 2. The molecule has 1 aliphatic rings. The third kappa shape index (κ3) is 6.63. The van der Waals surface area contributed by atoms with Crippen molar-refractivity contribution >= 4 is 57.7 Å². The number of carbonyl (C=O) groups is 3. The van der Waals surface area contributed by atoms with Crippen molar-refractivity contribution in [2.45, 2.75) is 12.5 Å². The highest BCUT2D eigenvalue weighted by Gasteiger charge is 2.34. The van der Waals surface area contributed by atoms with Crippen molar-refractivity contribution in [3.8, 4) is 5.75 Å². The average Bonchev–Trinajstić information content (AvgIpc) is 2.79. The first-order chi connectivity index (χ1) is 15.5. The summed E-state index contributed by atoms with van der Waals surface area (Å²) in [6, 6.07) is 15.4. The summed E-state index contributed by atoms with van der Waals surface area (Å²) in [6.45, 7) is 0.968. The second kappa shape index (κ2) is 11.8. The van der Waals surface area contributed by atoms with E-state index in [2.05, 4.69) is 33.2 Å². The van der Waals surface area contributed by atoms with Crippen molar-refractivity contribution in [3.05, 3.63) is 63.7 Å². The Morgan fingerprint density at radius 3 is 2.59 bits per heavy atom. The van der Waals surface area contributed by atoms with E-state index in [1.807, 2.05) is 30.3 Å². The van der Waals surface area contributed by atoms with Gasteiger partial charge in [-0.25, -0.2) is 0 Å². The first kappa shape index (κ1) is 23.9. The molecule has 32 heavy (non-hydrogen) atoms. The molecule has 2 aromatic rings. The van der Waals surface area contributed by atoms with Gasteiger partial charge >= 0.3 is 5.97 Å². The van der Waals surface area contributed by atoms with Gasteiger partial charge < -0.3 is 19.7 Å². The van der Waals surface area contributed by atoms with Crippen molar-refractivity contribution in [1.29, 1.82) is 0 Å². The highest BCUT2D eigenvalue weighted by Crippen LogP contribution is 2.14. The number of hydrogen-bond donors (Lipinski definition) is 2.